The van der Waals surface area contributed by atoms with Crippen LogP contribution in [-0.2, 0) is 9.53 Å². The second kappa shape index (κ2) is 7.85. The Morgan fingerprint density at radius 1 is 1.23 bits per heavy atom. The number of halogens is 1. The van der Waals surface area contributed by atoms with E-state index in [-0.39, 0.29) is 17.8 Å². The molecular formula is C22H21FN2O4S. The second-order valence-electron chi connectivity index (χ2n) is 7.50. The molecule has 1 fully saturated rings. The Hall–Kier alpha value is -2.71. The third kappa shape index (κ3) is 3.61. The minimum atomic E-state index is -0.815. The molecule has 0 saturated carbocycles. The van der Waals surface area contributed by atoms with Crippen LogP contribution in [0.1, 0.15) is 19.8 Å². The maximum atomic E-state index is 13.7. The fourth-order valence-electron chi connectivity index (χ4n) is 3.80. The number of rotatable bonds is 4. The van der Waals surface area contributed by atoms with E-state index in [9.17, 15) is 9.18 Å². The summed E-state index contributed by atoms with van der Waals surface area (Å²) in [7, 11) is 0. The number of para-hydroxylation sites is 2. The minimum absolute atomic E-state index is 0.0650. The van der Waals surface area contributed by atoms with Crippen molar-refractivity contribution >= 4 is 32.6 Å². The maximum Gasteiger partial charge on any atom is 0.273 e. The van der Waals surface area contributed by atoms with E-state index < -0.39 is 12.2 Å². The number of nitrogens with zero attached hydrogens (tertiary/aromatic N) is 2. The number of benzene rings is 2. The van der Waals surface area contributed by atoms with Crippen LogP contribution >= 0.6 is 11.3 Å². The van der Waals surface area contributed by atoms with Crippen LogP contribution in [0, 0.1) is 5.82 Å². The Bertz CT molecular complexity index is 1080. The fraction of sp³-hybridized carbons (Fsp3) is 0.364. The number of carbonyl (C=O) groups excluding carboxylic acids is 1. The van der Waals surface area contributed by atoms with Crippen molar-refractivity contribution in [3.63, 3.8) is 0 Å². The van der Waals surface area contributed by atoms with E-state index >= 15 is 0 Å². The van der Waals surface area contributed by atoms with Gasteiger partial charge in [0.25, 0.3) is 5.91 Å². The standard InChI is InChI=1S/C22H21FN2O4S/c1-13-20(29-18-7-3-2-6-17(18)28-13)21(26)25(12-15-5-4-10-27-15)22-24-16-9-8-14(23)11-19(16)30-22/h2-3,6-9,11,13,15,20H,4-5,10,12H2,1H3. The number of hydrogen-bond donors (Lipinski definition) is 0. The van der Waals surface area contributed by atoms with E-state index in [4.69, 9.17) is 14.2 Å². The van der Waals surface area contributed by atoms with Gasteiger partial charge in [-0.1, -0.05) is 23.5 Å². The zero-order valence-corrected chi connectivity index (χ0v) is 17.2. The molecule has 156 valence electrons. The summed E-state index contributed by atoms with van der Waals surface area (Å²) in [6.07, 6.45) is 0.495. The van der Waals surface area contributed by atoms with Crippen LogP contribution in [0.3, 0.4) is 0 Å². The summed E-state index contributed by atoms with van der Waals surface area (Å²) >= 11 is 1.28. The summed E-state index contributed by atoms with van der Waals surface area (Å²) in [6.45, 7) is 2.87. The average molecular weight is 428 g/mol. The molecule has 3 unspecified atom stereocenters. The van der Waals surface area contributed by atoms with E-state index in [2.05, 4.69) is 4.98 Å². The predicted molar refractivity (Wildman–Crippen MR) is 112 cm³/mol. The van der Waals surface area contributed by atoms with Crippen LogP contribution in [0.4, 0.5) is 9.52 Å². The molecule has 2 aliphatic heterocycles. The summed E-state index contributed by atoms with van der Waals surface area (Å²) in [6, 6.07) is 11.7. The third-order valence-corrected chi connectivity index (χ3v) is 6.37. The first-order valence-electron chi connectivity index (χ1n) is 10.00. The first-order valence-corrected chi connectivity index (χ1v) is 10.8. The Morgan fingerprint density at radius 2 is 2.03 bits per heavy atom. The van der Waals surface area contributed by atoms with Gasteiger partial charge in [-0.3, -0.25) is 9.69 Å². The first kappa shape index (κ1) is 19.3. The number of aromatic nitrogens is 1. The highest BCUT2D eigenvalue weighted by atomic mass is 32.1. The normalized spacial score (nSPS) is 22.9. The van der Waals surface area contributed by atoms with Crippen molar-refractivity contribution in [2.75, 3.05) is 18.1 Å². The highest BCUT2D eigenvalue weighted by molar-refractivity contribution is 7.22. The lowest BCUT2D eigenvalue weighted by Crippen LogP contribution is -2.52. The number of thiazole rings is 1. The van der Waals surface area contributed by atoms with Gasteiger partial charge in [-0.2, -0.15) is 0 Å². The topological polar surface area (TPSA) is 60.9 Å². The van der Waals surface area contributed by atoms with Gasteiger partial charge in [-0.25, -0.2) is 9.37 Å². The van der Waals surface area contributed by atoms with Crippen LogP contribution in [0.15, 0.2) is 42.5 Å². The van der Waals surface area contributed by atoms with Gasteiger partial charge in [0.1, 0.15) is 11.9 Å². The van der Waals surface area contributed by atoms with Crippen LogP contribution in [0.5, 0.6) is 11.5 Å². The fourth-order valence-corrected chi connectivity index (χ4v) is 4.81. The van der Waals surface area contributed by atoms with Crippen molar-refractivity contribution in [2.24, 2.45) is 0 Å². The molecule has 0 aliphatic carbocycles. The lowest BCUT2D eigenvalue weighted by molar-refractivity contribution is -0.131. The zero-order chi connectivity index (χ0) is 20.7. The number of carbonyl (C=O) groups is 1. The molecule has 6 nitrogen and oxygen atoms in total. The molecular weight excluding hydrogens is 407 g/mol. The van der Waals surface area contributed by atoms with Gasteiger partial charge in [-0.05, 0) is 50.1 Å². The van der Waals surface area contributed by atoms with Gasteiger partial charge < -0.3 is 14.2 Å². The molecule has 3 atom stereocenters. The molecule has 0 N–H and O–H groups in total. The van der Waals surface area contributed by atoms with Crippen LogP contribution < -0.4 is 14.4 Å². The molecule has 0 bridgehead atoms. The molecule has 0 radical (unpaired) electrons. The Labute approximate surface area is 177 Å². The third-order valence-electron chi connectivity index (χ3n) is 5.33. The van der Waals surface area contributed by atoms with Crippen molar-refractivity contribution in [1.29, 1.82) is 0 Å². The summed E-state index contributed by atoms with van der Waals surface area (Å²) in [5.74, 6) is 0.587. The van der Waals surface area contributed by atoms with Gasteiger partial charge in [0.05, 0.1) is 22.9 Å². The quantitative estimate of drug-likeness (QED) is 0.624. The Balaban J connectivity index is 1.48. The lowest BCUT2D eigenvalue weighted by atomic mass is 10.1. The van der Waals surface area contributed by atoms with Gasteiger partial charge in [0, 0.05) is 6.61 Å². The largest absolute Gasteiger partial charge is 0.482 e. The van der Waals surface area contributed by atoms with E-state index in [1.54, 1.807) is 17.0 Å². The van der Waals surface area contributed by atoms with E-state index in [0.717, 1.165) is 12.8 Å². The molecule has 1 saturated heterocycles. The molecule has 5 rings (SSSR count). The van der Waals surface area contributed by atoms with E-state index in [0.29, 0.717) is 40.0 Å². The van der Waals surface area contributed by atoms with Gasteiger partial charge in [0.2, 0.25) is 6.10 Å². The second-order valence-corrected chi connectivity index (χ2v) is 8.51. The molecule has 30 heavy (non-hydrogen) atoms. The summed E-state index contributed by atoms with van der Waals surface area (Å²) in [5.41, 5.74) is 0.653. The van der Waals surface area contributed by atoms with Crippen molar-refractivity contribution in [3.05, 3.63) is 48.3 Å². The summed E-state index contributed by atoms with van der Waals surface area (Å²) in [5, 5.41) is 0.505. The number of fused-ring (bicyclic) bond motifs is 2. The van der Waals surface area contributed by atoms with Crippen LogP contribution in [0.25, 0.3) is 10.2 Å². The zero-order valence-electron chi connectivity index (χ0n) is 16.4. The summed E-state index contributed by atoms with van der Waals surface area (Å²) < 4.78 is 32.1. The average Bonchev–Trinajstić information content (AvgIpc) is 3.40. The van der Waals surface area contributed by atoms with Crippen molar-refractivity contribution in [2.45, 2.75) is 38.1 Å². The molecule has 2 aliphatic rings. The van der Waals surface area contributed by atoms with E-state index in [1.165, 1.54) is 23.5 Å². The predicted octanol–water partition coefficient (Wildman–Crippen LogP) is 4.18. The van der Waals surface area contributed by atoms with Crippen molar-refractivity contribution in [1.82, 2.24) is 4.98 Å². The number of amides is 1. The van der Waals surface area contributed by atoms with Crippen molar-refractivity contribution in [3.8, 4) is 11.5 Å². The molecule has 0 spiro atoms. The Morgan fingerprint density at radius 3 is 2.80 bits per heavy atom. The van der Waals surface area contributed by atoms with Crippen molar-refractivity contribution < 1.29 is 23.4 Å². The molecule has 8 heteroatoms. The smallest absolute Gasteiger partial charge is 0.273 e. The summed E-state index contributed by atoms with van der Waals surface area (Å²) in [4.78, 5) is 19.8. The highest BCUT2D eigenvalue weighted by Crippen LogP contribution is 2.36. The number of ether oxygens (including phenoxy) is 3. The van der Waals surface area contributed by atoms with E-state index in [1.807, 2.05) is 25.1 Å². The molecule has 2 aromatic carbocycles. The maximum absolute atomic E-state index is 13.7. The number of anilines is 1. The Kier molecular flexibility index (Phi) is 5.04. The SMILES string of the molecule is CC1Oc2ccccc2OC1C(=O)N(CC1CCCO1)c1nc2ccc(F)cc2s1. The molecule has 1 aromatic heterocycles. The van der Waals surface area contributed by atoms with Crippen LogP contribution in [0.2, 0.25) is 0 Å². The first-order chi connectivity index (χ1) is 14.6. The molecule has 3 aromatic rings. The van der Waals surface area contributed by atoms with Crippen LogP contribution in [-0.4, -0.2) is 42.4 Å². The molecule has 1 amide bonds. The van der Waals surface area contributed by atoms with Gasteiger partial charge in [0.15, 0.2) is 16.6 Å². The minimum Gasteiger partial charge on any atom is -0.482 e. The monoisotopic (exact) mass is 428 g/mol. The molecule has 3 heterocycles. The lowest BCUT2D eigenvalue weighted by Gasteiger charge is -2.34. The highest BCUT2D eigenvalue weighted by Gasteiger charge is 2.39. The number of hydrogen-bond acceptors (Lipinski definition) is 6. The van der Waals surface area contributed by atoms with Gasteiger partial charge >= 0.3 is 0 Å². The van der Waals surface area contributed by atoms with Gasteiger partial charge in [-0.15, -0.1) is 0 Å².